The van der Waals surface area contributed by atoms with Gasteiger partial charge in [-0.2, -0.15) is 0 Å². The first kappa shape index (κ1) is 49.7. The SMILES string of the molecule is COc1ccc(C(O[C@H]2C[C@H](n3cc(C)c(=O)[nH]c3=O)O[C@@H]2COP(=O)(O)N[C@H]2C[C@H](n3cc(C)c(=O)[nH]c3=O)O[C@@H]2CO[Si](C)(C)C(C)(C)C)(c2ccccc2)c2ccc(OC)cc2)cc1. The van der Waals surface area contributed by atoms with Gasteiger partial charge in [-0.3, -0.25) is 33.2 Å². The second kappa shape index (κ2) is 19.8. The molecule has 0 aliphatic carbocycles. The van der Waals surface area contributed by atoms with E-state index in [1.54, 1.807) is 28.1 Å². The molecule has 67 heavy (non-hydrogen) atoms. The minimum atomic E-state index is -4.76. The van der Waals surface area contributed by atoms with Crippen molar-refractivity contribution in [3.63, 3.8) is 0 Å². The Balaban J connectivity index is 1.24. The fraction of sp³-hybridized carbons (Fsp3) is 0.447. The van der Waals surface area contributed by atoms with E-state index in [0.717, 1.165) is 5.56 Å². The molecular weight excluding hydrogens is 902 g/mol. The molecule has 0 bridgehead atoms. The maximum Gasteiger partial charge on any atom is 0.403 e. The maximum atomic E-state index is 14.3. The minimum absolute atomic E-state index is 0.0381. The van der Waals surface area contributed by atoms with Crippen LogP contribution in [-0.4, -0.2) is 84.1 Å². The molecule has 0 spiro atoms. The molecule has 5 aromatic rings. The molecule has 2 saturated heterocycles. The van der Waals surface area contributed by atoms with Crippen molar-refractivity contribution in [3.8, 4) is 11.5 Å². The van der Waals surface area contributed by atoms with E-state index >= 15 is 0 Å². The lowest BCUT2D eigenvalue weighted by Gasteiger charge is -2.39. The highest BCUT2D eigenvalue weighted by atomic mass is 31.2. The van der Waals surface area contributed by atoms with E-state index in [1.165, 1.54) is 21.5 Å². The molecule has 360 valence electrons. The zero-order valence-corrected chi connectivity index (χ0v) is 41.0. The number of rotatable bonds is 17. The lowest BCUT2D eigenvalue weighted by atomic mass is 9.79. The largest absolute Gasteiger partial charge is 0.497 e. The molecule has 1 unspecified atom stereocenters. The highest BCUT2D eigenvalue weighted by Crippen LogP contribution is 2.48. The summed E-state index contributed by atoms with van der Waals surface area (Å²) in [6.45, 7) is 13.1. The van der Waals surface area contributed by atoms with Crippen molar-refractivity contribution in [2.75, 3.05) is 27.4 Å². The molecule has 7 rings (SSSR count). The fourth-order valence-electron chi connectivity index (χ4n) is 8.12. The van der Waals surface area contributed by atoms with Gasteiger partial charge in [0.05, 0.1) is 45.7 Å². The van der Waals surface area contributed by atoms with Crippen molar-refractivity contribution in [2.45, 2.75) is 108 Å². The number of nitrogens with one attached hydrogen (secondary N) is 3. The van der Waals surface area contributed by atoms with Crippen molar-refractivity contribution in [3.05, 3.63) is 161 Å². The van der Waals surface area contributed by atoms with Gasteiger partial charge in [0.15, 0.2) is 8.32 Å². The van der Waals surface area contributed by atoms with Gasteiger partial charge in [0, 0.05) is 36.4 Å². The quantitative estimate of drug-likeness (QED) is 0.0494. The van der Waals surface area contributed by atoms with Crippen molar-refractivity contribution in [2.24, 2.45) is 0 Å². The van der Waals surface area contributed by atoms with Crippen LogP contribution in [0.2, 0.25) is 18.1 Å². The highest BCUT2D eigenvalue weighted by molar-refractivity contribution is 7.50. The number of hydrogen-bond acceptors (Lipinski definition) is 12. The van der Waals surface area contributed by atoms with Crippen LogP contribution in [0.4, 0.5) is 0 Å². The highest BCUT2D eigenvalue weighted by Gasteiger charge is 2.48. The number of methoxy groups -OCH3 is 2. The lowest BCUT2D eigenvalue weighted by Crippen LogP contribution is -2.46. The minimum Gasteiger partial charge on any atom is -0.497 e. The lowest BCUT2D eigenvalue weighted by molar-refractivity contribution is -0.0974. The van der Waals surface area contributed by atoms with Crippen LogP contribution in [0.1, 0.15) is 73.9 Å². The van der Waals surface area contributed by atoms with Crippen LogP contribution in [0, 0.1) is 13.8 Å². The zero-order chi connectivity index (χ0) is 48.5. The molecule has 3 aromatic carbocycles. The zero-order valence-electron chi connectivity index (χ0n) is 39.1. The van der Waals surface area contributed by atoms with E-state index in [4.69, 9.17) is 32.6 Å². The third kappa shape index (κ3) is 10.8. The molecule has 18 nitrogen and oxygen atoms in total. The molecule has 0 radical (unpaired) electrons. The monoisotopic (exact) mass is 961 g/mol. The molecule has 2 aliphatic heterocycles. The number of aromatic nitrogens is 4. The number of hydrogen-bond donors (Lipinski definition) is 4. The van der Waals surface area contributed by atoms with Crippen LogP contribution in [-0.2, 0) is 33.3 Å². The smallest absolute Gasteiger partial charge is 0.403 e. The number of H-pyrrole nitrogens is 2. The predicted octanol–water partition coefficient (Wildman–Crippen LogP) is 5.77. The first-order valence-electron chi connectivity index (χ1n) is 22.0. The van der Waals surface area contributed by atoms with Crippen LogP contribution in [0.5, 0.6) is 11.5 Å². The van der Waals surface area contributed by atoms with E-state index in [2.05, 4.69) is 48.9 Å². The summed E-state index contributed by atoms with van der Waals surface area (Å²) in [7, 11) is -3.96. The third-order valence-electron chi connectivity index (χ3n) is 13.0. The Morgan fingerprint density at radius 3 is 1.70 bits per heavy atom. The van der Waals surface area contributed by atoms with Gasteiger partial charge in [0.25, 0.3) is 11.1 Å². The second-order valence-corrected chi connectivity index (χ2v) is 24.8. The topological polar surface area (TPSA) is 224 Å². The van der Waals surface area contributed by atoms with Crippen LogP contribution in [0.15, 0.2) is 110 Å². The molecule has 20 heteroatoms. The summed E-state index contributed by atoms with van der Waals surface area (Å²) in [5, 5.41) is 2.61. The van der Waals surface area contributed by atoms with Crippen molar-refractivity contribution in [1.82, 2.24) is 24.2 Å². The second-order valence-electron chi connectivity index (χ2n) is 18.5. The van der Waals surface area contributed by atoms with Gasteiger partial charge in [-0.15, -0.1) is 0 Å². The van der Waals surface area contributed by atoms with Crippen LogP contribution >= 0.6 is 7.75 Å². The summed E-state index contributed by atoms with van der Waals surface area (Å²) in [6, 6.07) is 23.5. The third-order valence-corrected chi connectivity index (χ3v) is 18.6. The average molecular weight is 962 g/mol. The molecule has 2 fully saturated rings. The van der Waals surface area contributed by atoms with Crippen molar-refractivity contribution < 1.29 is 42.1 Å². The predicted molar refractivity (Wildman–Crippen MR) is 252 cm³/mol. The van der Waals surface area contributed by atoms with Gasteiger partial charge in [-0.05, 0) is 72.9 Å². The number of ether oxygens (including phenoxy) is 5. The average Bonchev–Trinajstić information content (AvgIpc) is 3.89. The summed E-state index contributed by atoms with van der Waals surface area (Å²) in [4.78, 5) is 67.3. The molecule has 2 aromatic heterocycles. The van der Waals surface area contributed by atoms with E-state index in [0.29, 0.717) is 22.6 Å². The maximum absolute atomic E-state index is 14.3. The molecular formula is C47H60N5O13PSi. The van der Waals surface area contributed by atoms with Crippen LogP contribution in [0.25, 0.3) is 0 Å². The number of benzene rings is 3. The standard InChI is InChI=1S/C47H60N5O13PSi/c1-29-25-51(44(55)48-42(29)53)40-23-36(38(63-40)28-62-67(8,9)46(3,4)5)50-66(57,58)61-27-39-37(24-41(64-39)52-26-30(2)43(54)49-45(52)56)65-47(31-13-11-10-12-14-31,32-15-19-34(59-6)20-16-32)33-17-21-35(60-7)22-18-33/h10-22,25-26,36-41H,23-24,27-28H2,1-9H3,(H,48,53,55)(H,49,54,56)(H2,50,57,58)/t36-,37-,38+,39+,40+,41+/m0/s1. The van der Waals surface area contributed by atoms with Gasteiger partial charge in [-0.1, -0.05) is 75.4 Å². The molecule has 4 heterocycles. The molecule has 2 aliphatic rings. The number of nitrogens with zero attached hydrogens (tertiary/aromatic N) is 2. The Bertz CT molecular complexity index is 2760. The summed E-state index contributed by atoms with van der Waals surface area (Å²) < 4.78 is 60.6. The first-order valence-corrected chi connectivity index (χ1v) is 26.5. The van der Waals surface area contributed by atoms with Gasteiger partial charge in [0.2, 0.25) is 0 Å². The Kier molecular flexibility index (Phi) is 14.7. The summed E-state index contributed by atoms with van der Waals surface area (Å²) in [5.74, 6) is 1.23. The Morgan fingerprint density at radius 1 is 0.731 bits per heavy atom. The van der Waals surface area contributed by atoms with Crippen LogP contribution < -0.4 is 37.1 Å². The Morgan fingerprint density at radius 2 is 1.21 bits per heavy atom. The van der Waals surface area contributed by atoms with Gasteiger partial charge in [0.1, 0.15) is 35.7 Å². The van der Waals surface area contributed by atoms with Gasteiger partial charge >= 0.3 is 19.1 Å². The Labute approximate surface area is 388 Å². The van der Waals surface area contributed by atoms with Crippen molar-refractivity contribution in [1.29, 1.82) is 0 Å². The van der Waals surface area contributed by atoms with E-state index in [1.807, 2.05) is 78.9 Å². The fourth-order valence-corrected chi connectivity index (χ4v) is 10.2. The molecule has 0 saturated carbocycles. The first-order chi connectivity index (χ1) is 31.6. The summed E-state index contributed by atoms with van der Waals surface area (Å²) >= 11 is 0. The van der Waals surface area contributed by atoms with Gasteiger partial charge in [-0.25, -0.2) is 19.2 Å². The summed E-state index contributed by atoms with van der Waals surface area (Å²) in [6.07, 6.45) is -1.89. The number of aromatic amines is 2. The summed E-state index contributed by atoms with van der Waals surface area (Å²) in [5.41, 5.74) is -1.15. The van der Waals surface area contributed by atoms with E-state index in [9.17, 15) is 28.6 Å². The molecule has 4 N–H and O–H groups in total. The van der Waals surface area contributed by atoms with Crippen molar-refractivity contribution >= 4 is 16.1 Å². The van der Waals surface area contributed by atoms with E-state index in [-0.39, 0.29) is 35.6 Å². The van der Waals surface area contributed by atoms with Gasteiger partial charge < -0.3 is 33.0 Å². The normalized spacial score (nSPS) is 22.1. The molecule has 0 amide bonds. The molecule has 7 atom stereocenters. The van der Waals surface area contributed by atoms with E-state index < -0.39 is 87.6 Å². The van der Waals surface area contributed by atoms with Crippen LogP contribution in [0.3, 0.4) is 0 Å². The Hall–Kier alpha value is -5.21. The number of aryl methyl sites for hydroxylation is 2.